The van der Waals surface area contributed by atoms with E-state index in [-0.39, 0.29) is 5.91 Å². The number of para-hydroxylation sites is 1. The van der Waals surface area contributed by atoms with Crippen LogP contribution in [0.5, 0.6) is 5.75 Å². The molecule has 6 heteroatoms. The van der Waals surface area contributed by atoms with Gasteiger partial charge in [0.15, 0.2) is 5.13 Å². The normalized spacial score (nSPS) is 11.2. The number of carbonyl (C=O) groups excluding carboxylic acids is 1. The summed E-state index contributed by atoms with van der Waals surface area (Å²) >= 11 is 1.58. The monoisotopic (exact) mass is 398 g/mol. The molecule has 0 atom stereocenters. The summed E-state index contributed by atoms with van der Waals surface area (Å²) in [7, 11) is 4.18. The van der Waals surface area contributed by atoms with Crippen molar-refractivity contribution in [2.75, 3.05) is 38.7 Å². The maximum absolute atomic E-state index is 13.0. The van der Waals surface area contributed by atoms with Crippen molar-refractivity contribution in [1.29, 1.82) is 0 Å². The van der Waals surface area contributed by atoms with Gasteiger partial charge in [0.1, 0.15) is 5.75 Å². The van der Waals surface area contributed by atoms with Crippen LogP contribution in [-0.2, 0) is 4.79 Å². The summed E-state index contributed by atoms with van der Waals surface area (Å²) in [4.78, 5) is 20.8. The molecule has 0 spiro atoms. The van der Waals surface area contributed by atoms with Gasteiger partial charge in [-0.1, -0.05) is 29.5 Å². The van der Waals surface area contributed by atoms with Gasteiger partial charge in [-0.25, -0.2) is 4.98 Å². The third kappa shape index (κ3) is 5.09. The third-order valence-electron chi connectivity index (χ3n) is 4.69. The molecule has 1 heterocycles. The molecule has 0 unspecified atom stereocenters. The van der Waals surface area contributed by atoms with Crippen LogP contribution in [0, 0.1) is 13.8 Å². The van der Waals surface area contributed by atoms with Crippen LogP contribution in [0.3, 0.4) is 0 Å². The summed E-state index contributed by atoms with van der Waals surface area (Å²) in [5, 5.41) is 0.769. The number of likely N-dealkylation sites (N-methyl/N-ethyl adjacent to an activating group) is 1. The number of aryl methyl sites for hydroxylation is 2. The zero-order chi connectivity index (χ0) is 20.1. The first-order chi connectivity index (χ1) is 13.4. The van der Waals surface area contributed by atoms with Gasteiger partial charge in [0.25, 0.3) is 0 Å². The highest BCUT2D eigenvalue weighted by atomic mass is 32.1. The van der Waals surface area contributed by atoms with Gasteiger partial charge in [0, 0.05) is 0 Å². The lowest BCUT2D eigenvalue weighted by molar-refractivity contribution is -0.856. The number of rotatable bonds is 8. The molecule has 0 saturated heterocycles. The van der Waals surface area contributed by atoms with Crippen molar-refractivity contribution < 1.29 is 14.4 Å². The van der Waals surface area contributed by atoms with Gasteiger partial charge >= 0.3 is 0 Å². The second kappa shape index (κ2) is 9.17. The molecule has 5 nitrogen and oxygen atoms in total. The lowest BCUT2D eigenvalue weighted by atomic mass is 10.1. The van der Waals surface area contributed by atoms with E-state index < -0.39 is 0 Å². The van der Waals surface area contributed by atoms with E-state index in [4.69, 9.17) is 9.72 Å². The fraction of sp³-hybridized carbons (Fsp3) is 0.364. The van der Waals surface area contributed by atoms with Crippen molar-refractivity contribution in [3.63, 3.8) is 0 Å². The fourth-order valence-corrected chi connectivity index (χ4v) is 3.94. The Kier molecular flexibility index (Phi) is 6.65. The maximum Gasteiger partial charge on any atom is 0.232 e. The number of nitrogens with one attached hydrogen (secondary N) is 1. The standard InChI is InChI=1S/C22H27N3O2S/c1-16-14-19-20(15-17(16)2)28-22(23-19)25(12-11-24(3)4)21(26)10-13-27-18-8-6-5-7-9-18/h5-9,14-15H,10-13H2,1-4H3/p+1. The minimum Gasteiger partial charge on any atom is -0.493 e. The molecule has 3 rings (SSSR count). The number of quaternary nitrogens is 1. The van der Waals surface area contributed by atoms with Crippen molar-refractivity contribution in [1.82, 2.24) is 4.98 Å². The van der Waals surface area contributed by atoms with E-state index in [1.807, 2.05) is 35.2 Å². The summed E-state index contributed by atoms with van der Waals surface area (Å²) in [5.74, 6) is 0.829. The number of thiazole rings is 1. The first kappa shape index (κ1) is 20.3. The van der Waals surface area contributed by atoms with Gasteiger partial charge in [-0.05, 0) is 49.2 Å². The van der Waals surface area contributed by atoms with Crippen molar-refractivity contribution >= 4 is 32.6 Å². The molecule has 28 heavy (non-hydrogen) atoms. The SMILES string of the molecule is Cc1cc2nc(N(CC[NH+](C)C)C(=O)CCOc3ccccc3)sc2cc1C. The van der Waals surface area contributed by atoms with E-state index in [9.17, 15) is 4.79 Å². The van der Waals surface area contributed by atoms with Crippen LogP contribution < -0.4 is 14.5 Å². The molecule has 3 aromatic rings. The number of hydrogen-bond acceptors (Lipinski definition) is 4. The largest absolute Gasteiger partial charge is 0.493 e. The molecule has 0 aliphatic heterocycles. The van der Waals surface area contributed by atoms with E-state index in [1.54, 1.807) is 11.3 Å². The number of amides is 1. The Morgan fingerprint density at radius 2 is 1.86 bits per heavy atom. The Labute approximate surface area is 170 Å². The number of anilines is 1. The zero-order valence-corrected chi connectivity index (χ0v) is 17.8. The predicted molar refractivity (Wildman–Crippen MR) is 116 cm³/mol. The first-order valence-corrected chi connectivity index (χ1v) is 10.4. The predicted octanol–water partition coefficient (Wildman–Crippen LogP) is 2.86. The Hall–Kier alpha value is -2.44. The number of aromatic nitrogens is 1. The molecule has 0 saturated carbocycles. The van der Waals surface area contributed by atoms with Gasteiger partial charge in [0.2, 0.25) is 5.91 Å². The van der Waals surface area contributed by atoms with Crippen molar-refractivity contribution in [3.05, 3.63) is 53.6 Å². The molecule has 1 N–H and O–H groups in total. The number of fused-ring (bicyclic) bond motifs is 1. The summed E-state index contributed by atoms with van der Waals surface area (Å²) in [6.45, 7) is 6.06. The molecular formula is C22H28N3O2S+. The average Bonchev–Trinajstić information content (AvgIpc) is 3.05. The second-order valence-corrected chi connectivity index (χ2v) is 8.32. The second-order valence-electron chi connectivity index (χ2n) is 7.31. The molecule has 0 bridgehead atoms. The lowest BCUT2D eigenvalue weighted by Crippen LogP contribution is -3.06. The highest BCUT2D eigenvalue weighted by molar-refractivity contribution is 7.22. The van der Waals surface area contributed by atoms with Crippen LogP contribution >= 0.6 is 11.3 Å². The molecule has 0 aliphatic rings. The maximum atomic E-state index is 13.0. The molecule has 0 radical (unpaired) electrons. The topological polar surface area (TPSA) is 46.9 Å². The number of nitrogens with zero attached hydrogens (tertiary/aromatic N) is 2. The van der Waals surface area contributed by atoms with Crippen molar-refractivity contribution in [3.8, 4) is 5.75 Å². The molecule has 148 valence electrons. The van der Waals surface area contributed by atoms with Crippen LogP contribution in [0.1, 0.15) is 17.5 Å². The molecule has 1 aromatic heterocycles. The minimum atomic E-state index is 0.0460. The van der Waals surface area contributed by atoms with E-state index in [0.717, 1.165) is 27.6 Å². The van der Waals surface area contributed by atoms with Crippen LogP contribution in [0.4, 0.5) is 5.13 Å². The third-order valence-corrected chi connectivity index (χ3v) is 5.73. The van der Waals surface area contributed by atoms with Gasteiger partial charge in [-0.2, -0.15) is 0 Å². The number of ether oxygens (including phenoxy) is 1. The number of hydrogen-bond donors (Lipinski definition) is 1. The Bertz CT molecular complexity index is 899. The first-order valence-electron chi connectivity index (χ1n) is 9.59. The van der Waals surface area contributed by atoms with Gasteiger partial charge in [-0.15, -0.1) is 0 Å². The summed E-state index contributed by atoms with van der Waals surface area (Å²) in [6, 6.07) is 13.8. The molecular weight excluding hydrogens is 370 g/mol. The molecule has 0 fully saturated rings. The van der Waals surface area contributed by atoms with Gasteiger partial charge in [-0.3, -0.25) is 9.69 Å². The quantitative estimate of drug-likeness (QED) is 0.635. The minimum absolute atomic E-state index is 0.0460. The lowest BCUT2D eigenvalue weighted by Gasteiger charge is -2.20. The van der Waals surface area contributed by atoms with Crippen LogP contribution in [-0.4, -0.2) is 44.7 Å². The van der Waals surface area contributed by atoms with Crippen LogP contribution in [0.15, 0.2) is 42.5 Å². The van der Waals surface area contributed by atoms with E-state index in [2.05, 4.69) is 40.1 Å². The van der Waals surface area contributed by atoms with Crippen LogP contribution in [0.2, 0.25) is 0 Å². The number of benzene rings is 2. The smallest absolute Gasteiger partial charge is 0.232 e. The average molecular weight is 399 g/mol. The van der Waals surface area contributed by atoms with Gasteiger partial charge in [0.05, 0.1) is 50.4 Å². The van der Waals surface area contributed by atoms with E-state index in [1.165, 1.54) is 16.0 Å². The fourth-order valence-electron chi connectivity index (χ4n) is 2.85. The highest BCUT2D eigenvalue weighted by Gasteiger charge is 2.21. The zero-order valence-electron chi connectivity index (χ0n) is 17.0. The van der Waals surface area contributed by atoms with Crippen LogP contribution in [0.25, 0.3) is 10.2 Å². The van der Waals surface area contributed by atoms with Crippen molar-refractivity contribution in [2.24, 2.45) is 0 Å². The Morgan fingerprint density at radius 1 is 1.14 bits per heavy atom. The van der Waals surface area contributed by atoms with E-state index in [0.29, 0.717) is 19.6 Å². The Morgan fingerprint density at radius 3 is 2.57 bits per heavy atom. The van der Waals surface area contributed by atoms with Crippen molar-refractivity contribution in [2.45, 2.75) is 20.3 Å². The summed E-state index contributed by atoms with van der Waals surface area (Å²) in [6.07, 6.45) is 0.325. The Balaban J connectivity index is 1.75. The number of carbonyl (C=O) groups is 1. The highest BCUT2D eigenvalue weighted by Crippen LogP contribution is 2.31. The van der Waals surface area contributed by atoms with E-state index >= 15 is 0 Å². The summed E-state index contributed by atoms with van der Waals surface area (Å²) < 4.78 is 6.83. The molecule has 2 aromatic carbocycles. The molecule has 0 aliphatic carbocycles. The molecule has 1 amide bonds. The summed E-state index contributed by atoms with van der Waals surface area (Å²) in [5.41, 5.74) is 3.42. The van der Waals surface area contributed by atoms with Gasteiger partial charge < -0.3 is 9.64 Å².